The van der Waals surface area contributed by atoms with Crippen LogP contribution in [0.15, 0.2) is 34.1 Å². The van der Waals surface area contributed by atoms with Crippen LogP contribution in [-0.2, 0) is 6.54 Å². The first-order chi connectivity index (χ1) is 9.25. The first-order valence-corrected chi connectivity index (χ1v) is 6.45. The van der Waals surface area contributed by atoms with Gasteiger partial charge in [-0.3, -0.25) is 14.6 Å². The third-order valence-corrected chi connectivity index (χ3v) is 3.39. The molecular formula is C14H15N3O2. The summed E-state index contributed by atoms with van der Waals surface area (Å²) in [7, 11) is 0. The van der Waals surface area contributed by atoms with Crippen LogP contribution in [0.25, 0.3) is 0 Å². The average molecular weight is 257 g/mol. The Morgan fingerprint density at radius 2 is 1.68 bits per heavy atom. The third kappa shape index (κ3) is 2.50. The maximum Gasteiger partial charge on any atom is 0.253 e. The van der Waals surface area contributed by atoms with Gasteiger partial charge in [0.25, 0.3) is 10.9 Å². The van der Waals surface area contributed by atoms with E-state index in [2.05, 4.69) is 15.6 Å². The highest BCUT2D eigenvalue weighted by atomic mass is 16.2. The van der Waals surface area contributed by atoms with Crippen LogP contribution in [-0.4, -0.2) is 11.5 Å². The highest BCUT2D eigenvalue weighted by Crippen LogP contribution is 2.29. The molecule has 1 aliphatic carbocycles. The first-order valence-electron chi connectivity index (χ1n) is 6.45. The van der Waals surface area contributed by atoms with E-state index >= 15 is 0 Å². The van der Waals surface area contributed by atoms with Crippen molar-refractivity contribution in [1.29, 1.82) is 0 Å². The number of nitrogens with zero attached hydrogens (tertiary/aromatic N) is 1. The molecule has 1 aliphatic rings. The van der Waals surface area contributed by atoms with Crippen LogP contribution >= 0.6 is 0 Å². The molecule has 1 heterocycles. The molecule has 1 aromatic heterocycles. The van der Waals surface area contributed by atoms with Gasteiger partial charge >= 0.3 is 0 Å². The predicted molar refractivity (Wildman–Crippen MR) is 74.1 cm³/mol. The summed E-state index contributed by atoms with van der Waals surface area (Å²) in [6.45, 7) is 1.31. The van der Waals surface area contributed by atoms with Crippen LogP contribution in [0.2, 0.25) is 0 Å². The smallest absolute Gasteiger partial charge is 0.253 e. The van der Waals surface area contributed by atoms with Crippen molar-refractivity contribution in [3.63, 3.8) is 0 Å². The van der Waals surface area contributed by atoms with Crippen molar-refractivity contribution in [1.82, 2.24) is 4.98 Å². The van der Waals surface area contributed by atoms with Crippen molar-refractivity contribution in [3.05, 3.63) is 50.5 Å². The van der Waals surface area contributed by atoms with Crippen LogP contribution < -0.4 is 21.5 Å². The predicted octanol–water partition coefficient (Wildman–Crippen LogP) is 1.11. The molecule has 2 aromatic rings. The van der Waals surface area contributed by atoms with Crippen molar-refractivity contribution < 1.29 is 0 Å². The molecule has 1 saturated carbocycles. The lowest BCUT2D eigenvalue weighted by Crippen LogP contribution is -2.37. The van der Waals surface area contributed by atoms with E-state index in [1.807, 2.05) is 12.1 Å². The Morgan fingerprint density at radius 3 is 2.32 bits per heavy atom. The van der Waals surface area contributed by atoms with Gasteiger partial charge in [0, 0.05) is 25.5 Å². The van der Waals surface area contributed by atoms with Crippen LogP contribution in [0.3, 0.4) is 0 Å². The first kappa shape index (κ1) is 11.9. The Hall–Kier alpha value is -2.17. The largest absolute Gasteiger partial charge is 0.380 e. The molecule has 5 heteroatoms. The summed E-state index contributed by atoms with van der Waals surface area (Å²) in [4.78, 5) is 27.0. The molecule has 0 spiro atoms. The van der Waals surface area contributed by atoms with Gasteiger partial charge in [-0.2, -0.15) is 0 Å². The second-order valence-electron chi connectivity index (χ2n) is 4.94. The minimum absolute atomic E-state index is 0.405. The fraction of sp³-hybridized carbons (Fsp3) is 0.357. The van der Waals surface area contributed by atoms with Gasteiger partial charge in [0.1, 0.15) is 11.4 Å². The Morgan fingerprint density at radius 1 is 1.05 bits per heavy atom. The van der Waals surface area contributed by atoms with Gasteiger partial charge in [-0.1, -0.05) is 0 Å². The van der Waals surface area contributed by atoms with Crippen molar-refractivity contribution in [3.8, 4) is 0 Å². The maximum atomic E-state index is 11.5. The molecule has 0 amide bonds. The van der Waals surface area contributed by atoms with Crippen LogP contribution in [0.1, 0.15) is 18.4 Å². The van der Waals surface area contributed by atoms with Crippen molar-refractivity contribution >= 4 is 11.4 Å². The molecule has 0 bridgehead atoms. The zero-order valence-corrected chi connectivity index (χ0v) is 10.5. The number of hydrogen-bond acceptors (Lipinski definition) is 5. The summed E-state index contributed by atoms with van der Waals surface area (Å²) < 4.78 is 0. The lowest BCUT2D eigenvalue weighted by Gasteiger charge is -2.14. The zero-order chi connectivity index (χ0) is 13.2. The highest BCUT2D eigenvalue weighted by Gasteiger charge is 2.25. The normalized spacial score (nSPS) is 14.5. The standard InChI is InChI=1S/C14H15N3O2/c18-13-11(16-7-9-1-2-9)12(14(13)19)17-8-10-3-5-15-6-4-10/h3-6,9,16-17H,1-2,7-8H2. The summed E-state index contributed by atoms with van der Waals surface area (Å²) in [5.74, 6) is 0.664. The van der Waals surface area contributed by atoms with Gasteiger partial charge in [0.2, 0.25) is 0 Å². The van der Waals surface area contributed by atoms with Crippen molar-refractivity contribution in [2.45, 2.75) is 19.4 Å². The number of rotatable bonds is 6. The zero-order valence-electron chi connectivity index (χ0n) is 10.5. The van der Waals surface area contributed by atoms with Crippen LogP contribution in [0.5, 0.6) is 0 Å². The Labute approximate surface area is 110 Å². The molecule has 2 N–H and O–H groups in total. The molecule has 1 aromatic carbocycles. The topological polar surface area (TPSA) is 71.1 Å². The monoisotopic (exact) mass is 257 g/mol. The molecule has 0 saturated heterocycles. The fourth-order valence-corrected chi connectivity index (χ4v) is 1.99. The SMILES string of the molecule is O=c1c(NCc2ccncc2)c(NCC2CC2)c1=O. The summed E-state index contributed by atoms with van der Waals surface area (Å²) in [5, 5.41) is 6.11. The fourth-order valence-electron chi connectivity index (χ4n) is 1.99. The average Bonchev–Trinajstić information content (AvgIpc) is 3.26. The Kier molecular flexibility index (Phi) is 3.03. The van der Waals surface area contributed by atoms with Crippen molar-refractivity contribution in [2.75, 3.05) is 17.2 Å². The van der Waals surface area contributed by atoms with E-state index in [9.17, 15) is 9.59 Å². The van der Waals surface area contributed by atoms with Crippen molar-refractivity contribution in [2.24, 2.45) is 5.92 Å². The molecule has 0 aliphatic heterocycles. The van der Waals surface area contributed by atoms with Gasteiger partial charge in [0.15, 0.2) is 0 Å². The number of hydrogen-bond donors (Lipinski definition) is 2. The van der Waals surface area contributed by atoms with Crippen LogP contribution in [0, 0.1) is 5.92 Å². The maximum absolute atomic E-state index is 11.5. The number of anilines is 2. The number of nitrogens with one attached hydrogen (secondary N) is 2. The van der Waals surface area contributed by atoms with Crippen LogP contribution in [0.4, 0.5) is 11.4 Å². The summed E-state index contributed by atoms with van der Waals surface area (Å²) in [6.07, 6.45) is 5.82. The van der Waals surface area contributed by atoms with E-state index in [-0.39, 0.29) is 0 Å². The Bertz CT molecular complexity index is 640. The summed E-state index contributed by atoms with van der Waals surface area (Å²) in [6, 6.07) is 3.74. The van der Waals surface area contributed by atoms with Gasteiger partial charge < -0.3 is 10.6 Å². The van der Waals surface area contributed by atoms with E-state index < -0.39 is 10.9 Å². The molecule has 1 fully saturated rings. The van der Waals surface area contributed by atoms with Gasteiger partial charge in [-0.25, -0.2) is 0 Å². The molecule has 0 atom stereocenters. The quantitative estimate of drug-likeness (QED) is 0.759. The highest BCUT2D eigenvalue weighted by molar-refractivity contribution is 5.74. The van der Waals surface area contributed by atoms with Gasteiger partial charge in [-0.05, 0) is 36.5 Å². The minimum Gasteiger partial charge on any atom is -0.380 e. The molecule has 5 nitrogen and oxygen atoms in total. The van der Waals surface area contributed by atoms with E-state index in [4.69, 9.17) is 0 Å². The molecule has 19 heavy (non-hydrogen) atoms. The molecule has 0 radical (unpaired) electrons. The second-order valence-corrected chi connectivity index (χ2v) is 4.94. The van der Waals surface area contributed by atoms with Gasteiger partial charge in [0.05, 0.1) is 0 Å². The Balaban J connectivity index is 1.65. The lowest BCUT2D eigenvalue weighted by atomic mass is 10.1. The summed E-state index contributed by atoms with van der Waals surface area (Å²) >= 11 is 0. The lowest BCUT2D eigenvalue weighted by molar-refractivity contribution is 0.885. The summed E-state index contributed by atoms with van der Waals surface area (Å²) in [5.41, 5.74) is 1.06. The number of pyridine rings is 1. The van der Waals surface area contributed by atoms with E-state index in [0.717, 1.165) is 12.1 Å². The van der Waals surface area contributed by atoms with E-state index in [1.165, 1.54) is 12.8 Å². The second kappa shape index (κ2) is 4.84. The molecule has 0 unspecified atom stereocenters. The molecular weight excluding hydrogens is 242 g/mol. The van der Waals surface area contributed by atoms with E-state index in [0.29, 0.717) is 23.8 Å². The van der Waals surface area contributed by atoms with E-state index in [1.54, 1.807) is 12.4 Å². The third-order valence-electron chi connectivity index (χ3n) is 3.39. The van der Waals surface area contributed by atoms with Gasteiger partial charge in [-0.15, -0.1) is 0 Å². The number of aromatic nitrogens is 1. The minimum atomic E-state index is -0.424. The molecule has 98 valence electrons. The molecule has 3 rings (SSSR count).